The predicted octanol–water partition coefficient (Wildman–Crippen LogP) is 3.76. The third-order valence-corrected chi connectivity index (χ3v) is 4.06. The molecule has 3 rings (SSSR count). The Morgan fingerprint density at radius 3 is 2.46 bits per heavy atom. The predicted molar refractivity (Wildman–Crippen MR) is 97.4 cm³/mol. The number of nitrogens with one attached hydrogen (secondary N) is 1. The van der Waals surface area contributed by atoms with Crippen molar-refractivity contribution in [1.82, 2.24) is 4.57 Å². The minimum Gasteiger partial charge on any atom is -0.325 e. The topological polar surface area (TPSA) is 51.1 Å². The number of carbonyl (C=O) groups excluding carboxylic acids is 1. The maximum absolute atomic E-state index is 12.4. The number of benzene rings is 2. The van der Waals surface area contributed by atoms with Crippen LogP contribution in [0.1, 0.15) is 25.3 Å². The molecule has 0 spiro atoms. The van der Waals surface area contributed by atoms with Crippen LogP contribution in [0, 0.1) is 0 Å². The molecule has 0 fully saturated rings. The van der Waals surface area contributed by atoms with Gasteiger partial charge in [0.15, 0.2) is 0 Å². The van der Waals surface area contributed by atoms with E-state index in [0.717, 1.165) is 11.1 Å². The van der Waals surface area contributed by atoms with Crippen LogP contribution in [-0.4, -0.2) is 10.5 Å². The van der Waals surface area contributed by atoms with Crippen LogP contribution >= 0.6 is 0 Å². The van der Waals surface area contributed by atoms with Crippen LogP contribution in [0.4, 0.5) is 5.69 Å². The number of carbonyl (C=O) groups is 1. The van der Waals surface area contributed by atoms with E-state index in [2.05, 4.69) is 19.2 Å². The van der Waals surface area contributed by atoms with E-state index in [-0.39, 0.29) is 18.0 Å². The Hall–Kier alpha value is -2.88. The summed E-state index contributed by atoms with van der Waals surface area (Å²) in [5, 5.41) is 4.33. The Balaban J connectivity index is 1.75. The fraction of sp³-hybridized carbons (Fsp3) is 0.200. The summed E-state index contributed by atoms with van der Waals surface area (Å²) >= 11 is 0. The molecule has 0 atom stereocenters. The van der Waals surface area contributed by atoms with Crippen molar-refractivity contribution in [2.75, 3.05) is 5.32 Å². The van der Waals surface area contributed by atoms with E-state index in [4.69, 9.17) is 0 Å². The van der Waals surface area contributed by atoms with Crippen molar-refractivity contribution in [1.29, 1.82) is 0 Å². The highest BCUT2D eigenvalue weighted by molar-refractivity contribution is 5.91. The normalized spacial score (nSPS) is 11.0. The van der Waals surface area contributed by atoms with Crippen LogP contribution in [0.25, 0.3) is 10.8 Å². The summed E-state index contributed by atoms with van der Waals surface area (Å²) in [5.74, 6) is 0.232. The number of hydrogen-bond acceptors (Lipinski definition) is 2. The number of fused-ring (bicyclic) bond motifs is 1. The van der Waals surface area contributed by atoms with Gasteiger partial charge in [-0.3, -0.25) is 9.59 Å². The van der Waals surface area contributed by atoms with Crippen molar-refractivity contribution in [2.24, 2.45) is 0 Å². The van der Waals surface area contributed by atoms with Gasteiger partial charge in [-0.05, 0) is 41.1 Å². The summed E-state index contributed by atoms with van der Waals surface area (Å²) in [6, 6.07) is 17.0. The molecule has 0 unspecified atom stereocenters. The van der Waals surface area contributed by atoms with E-state index in [0.29, 0.717) is 11.3 Å². The third kappa shape index (κ3) is 3.38. The summed E-state index contributed by atoms with van der Waals surface area (Å²) in [4.78, 5) is 24.6. The summed E-state index contributed by atoms with van der Waals surface area (Å²) in [6.07, 6.45) is 1.66. The van der Waals surface area contributed by atoms with E-state index in [1.165, 1.54) is 10.1 Å². The number of amides is 1. The van der Waals surface area contributed by atoms with Gasteiger partial charge in [-0.1, -0.05) is 44.2 Å². The second kappa shape index (κ2) is 6.71. The van der Waals surface area contributed by atoms with Crippen molar-refractivity contribution in [3.8, 4) is 0 Å². The molecule has 4 nitrogen and oxygen atoms in total. The van der Waals surface area contributed by atoms with Gasteiger partial charge in [0.25, 0.3) is 5.56 Å². The van der Waals surface area contributed by atoms with Gasteiger partial charge in [0.05, 0.1) is 0 Å². The molecule has 0 bridgehead atoms. The van der Waals surface area contributed by atoms with Crippen molar-refractivity contribution < 1.29 is 4.79 Å². The number of nitrogens with zero attached hydrogens (tertiary/aromatic N) is 1. The fourth-order valence-electron chi connectivity index (χ4n) is 2.66. The molecule has 1 N–H and O–H groups in total. The number of anilines is 1. The molecule has 122 valence electrons. The first-order valence-corrected chi connectivity index (χ1v) is 8.02. The second-order valence-electron chi connectivity index (χ2n) is 6.16. The number of pyridine rings is 1. The van der Waals surface area contributed by atoms with Gasteiger partial charge in [-0.25, -0.2) is 0 Å². The molecule has 1 heterocycles. The monoisotopic (exact) mass is 320 g/mol. The van der Waals surface area contributed by atoms with E-state index < -0.39 is 0 Å². The molecule has 0 aliphatic carbocycles. The molecule has 1 amide bonds. The summed E-state index contributed by atoms with van der Waals surface area (Å²) in [5.41, 5.74) is 1.80. The van der Waals surface area contributed by atoms with E-state index in [9.17, 15) is 9.59 Å². The Morgan fingerprint density at radius 1 is 1.04 bits per heavy atom. The summed E-state index contributed by atoms with van der Waals surface area (Å²) in [6.45, 7) is 4.25. The summed E-state index contributed by atoms with van der Waals surface area (Å²) in [7, 11) is 0. The maximum atomic E-state index is 12.4. The van der Waals surface area contributed by atoms with Gasteiger partial charge in [-0.15, -0.1) is 0 Å². The molecule has 2 aromatic carbocycles. The molecule has 1 aromatic heterocycles. The van der Waals surface area contributed by atoms with Crippen LogP contribution in [-0.2, 0) is 11.3 Å². The van der Waals surface area contributed by atoms with Crippen LogP contribution in [0.5, 0.6) is 0 Å². The van der Waals surface area contributed by atoms with Gasteiger partial charge < -0.3 is 9.88 Å². The highest BCUT2D eigenvalue weighted by Crippen LogP contribution is 2.17. The van der Waals surface area contributed by atoms with Gasteiger partial charge in [0, 0.05) is 17.3 Å². The first-order valence-electron chi connectivity index (χ1n) is 8.02. The van der Waals surface area contributed by atoms with Gasteiger partial charge in [0.1, 0.15) is 6.54 Å². The van der Waals surface area contributed by atoms with Crippen molar-refractivity contribution in [3.63, 3.8) is 0 Å². The Labute approximate surface area is 140 Å². The molecular weight excluding hydrogens is 300 g/mol. The highest BCUT2D eigenvalue weighted by atomic mass is 16.2. The lowest BCUT2D eigenvalue weighted by molar-refractivity contribution is -0.116. The number of hydrogen-bond donors (Lipinski definition) is 1. The zero-order valence-corrected chi connectivity index (χ0v) is 13.8. The van der Waals surface area contributed by atoms with E-state index in [1.807, 2.05) is 48.5 Å². The first kappa shape index (κ1) is 16.0. The smallest absolute Gasteiger partial charge is 0.258 e. The highest BCUT2D eigenvalue weighted by Gasteiger charge is 2.08. The second-order valence-corrected chi connectivity index (χ2v) is 6.16. The van der Waals surface area contributed by atoms with Crippen molar-refractivity contribution >= 4 is 22.4 Å². The number of rotatable bonds is 4. The zero-order chi connectivity index (χ0) is 17.1. The average molecular weight is 320 g/mol. The fourth-order valence-corrected chi connectivity index (χ4v) is 2.66. The lowest BCUT2D eigenvalue weighted by Gasteiger charge is -2.10. The lowest BCUT2D eigenvalue weighted by Crippen LogP contribution is -2.27. The summed E-state index contributed by atoms with van der Waals surface area (Å²) < 4.78 is 1.43. The quantitative estimate of drug-likeness (QED) is 0.795. The lowest BCUT2D eigenvalue weighted by atomic mass is 10.0. The zero-order valence-electron chi connectivity index (χ0n) is 13.8. The van der Waals surface area contributed by atoms with Crippen LogP contribution in [0.15, 0.2) is 65.6 Å². The molecule has 0 saturated heterocycles. The van der Waals surface area contributed by atoms with Crippen molar-refractivity contribution in [3.05, 3.63) is 76.7 Å². The van der Waals surface area contributed by atoms with Crippen LogP contribution in [0.2, 0.25) is 0 Å². The van der Waals surface area contributed by atoms with E-state index in [1.54, 1.807) is 12.3 Å². The standard InChI is InChI=1S/C20H20N2O2/c1-14(2)15-7-9-17(10-8-15)21-19(23)13-22-12-11-16-5-3-4-6-18(16)20(22)24/h3-12,14H,13H2,1-2H3,(H,21,23). The van der Waals surface area contributed by atoms with Gasteiger partial charge in [0.2, 0.25) is 5.91 Å². The maximum Gasteiger partial charge on any atom is 0.258 e. The Morgan fingerprint density at radius 2 is 1.75 bits per heavy atom. The van der Waals surface area contributed by atoms with Gasteiger partial charge >= 0.3 is 0 Å². The SMILES string of the molecule is CC(C)c1ccc(NC(=O)Cn2ccc3ccccc3c2=O)cc1. The molecular formula is C20H20N2O2. The molecule has 24 heavy (non-hydrogen) atoms. The third-order valence-electron chi connectivity index (χ3n) is 4.06. The van der Waals surface area contributed by atoms with Crippen molar-refractivity contribution in [2.45, 2.75) is 26.3 Å². The molecule has 4 heteroatoms. The average Bonchev–Trinajstić information content (AvgIpc) is 2.58. The Kier molecular flexibility index (Phi) is 4.47. The van der Waals surface area contributed by atoms with Crippen LogP contribution < -0.4 is 10.9 Å². The molecule has 3 aromatic rings. The molecule has 0 saturated carbocycles. The molecule has 0 aliphatic heterocycles. The molecule has 0 radical (unpaired) electrons. The van der Waals surface area contributed by atoms with E-state index >= 15 is 0 Å². The molecule has 0 aliphatic rings. The largest absolute Gasteiger partial charge is 0.325 e. The van der Waals surface area contributed by atoms with Gasteiger partial charge in [-0.2, -0.15) is 0 Å². The Bertz CT molecular complexity index is 924. The minimum atomic E-state index is -0.218. The minimum absolute atomic E-state index is 0.00437. The first-order chi connectivity index (χ1) is 11.5. The number of aromatic nitrogens is 1. The van der Waals surface area contributed by atoms with Crippen LogP contribution in [0.3, 0.4) is 0 Å².